The summed E-state index contributed by atoms with van der Waals surface area (Å²) in [5.41, 5.74) is 0.699. The fourth-order valence-corrected chi connectivity index (χ4v) is 4.12. The molecule has 0 bridgehead atoms. The van der Waals surface area contributed by atoms with Crippen molar-refractivity contribution in [2.45, 2.75) is 43.6 Å². The van der Waals surface area contributed by atoms with Crippen LogP contribution in [0.3, 0.4) is 0 Å². The Balaban J connectivity index is 1.90. The van der Waals surface area contributed by atoms with Crippen molar-refractivity contribution in [1.82, 2.24) is 19.2 Å². The van der Waals surface area contributed by atoms with Gasteiger partial charge in [0.15, 0.2) is 5.16 Å². The Morgan fingerprint density at radius 3 is 2.81 bits per heavy atom. The van der Waals surface area contributed by atoms with Gasteiger partial charge in [-0.1, -0.05) is 37.7 Å². The maximum absolute atomic E-state index is 13.0. The largest absolute Gasteiger partial charge is 0.465 e. The van der Waals surface area contributed by atoms with Crippen molar-refractivity contribution in [1.29, 1.82) is 0 Å². The number of esters is 1. The smallest absolute Gasteiger partial charge is 0.319 e. The first-order chi connectivity index (χ1) is 12.6. The van der Waals surface area contributed by atoms with Crippen LogP contribution in [0.5, 0.6) is 0 Å². The Labute approximate surface area is 154 Å². The van der Waals surface area contributed by atoms with E-state index in [1.165, 1.54) is 11.8 Å². The minimum absolute atomic E-state index is 0.0574. The van der Waals surface area contributed by atoms with Crippen molar-refractivity contribution in [3.63, 3.8) is 0 Å². The number of rotatable bonds is 5. The first-order valence-electron chi connectivity index (χ1n) is 8.76. The summed E-state index contributed by atoms with van der Waals surface area (Å²) in [4.78, 5) is 24.8. The molecule has 0 unspecified atom stereocenters. The maximum atomic E-state index is 13.0. The van der Waals surface area contributed by atoms with Crippen LogP contribution in [0.2, 0.25) is 0 Å². The zero-order chi connectivity index (χ0) is 18.3. The molecular formula is C18H20N4O3S. The van der Waals surface area contributed by atoms with Gasteiger partial charge in [-0.15, -0.1) is 10.2 Å². The molecule has 2 aromatic heterocycles. The molecule has 3 aromatic rings. The molecule has 1 aliphatic heterocycles. The van der Waals surface area contributed by atoms with Crippen molar-refractivity contribution in [2.24, 2.45) is 5.92 Å². The van der Waals surface area contributed by atoms with E-state index in [0.29, 0.717) is 41.8 Å². The molecule has 0 amide bonds. The molecule has 0 aliphatic carbocycles. The number of para-hydroxylation sites is 1. The third-order valence-corrected chi connectivity index (χ3v) is 5.73. The summed E-state index contributed by atoms with van der Waals surface area (Å²) in [6, 6.07) is 7.45. The van der Waals surface area contributed by atoms with Crippen LogP contribution >= 0.6 is 11.8 Å². The van der Waals surface area contributed by atoms with Crippen molar-refractivity contribution in [3.05, 3.63) is 34.6 Å². The predicted molar refractivity (Wildman–Crippen MR) is 99.4 cm³/mol. The normalized spacial score (nSPS) is 17.5. The third-order valence-electron chi connectivity index (χ3n) is 4.54. The first-order valence-corrected chi connectivity index (χ1v) is 9.64. The van der Waals surface area contributed by atoms with Crippen LogP contribution in [0.1, 0.15) is 26.7 Å². The lowest BCUT2D eigenvalue weighted by Crippen LogP contribution is -2.24. The average molecular weight is 372 g/mol. The van der Waals surface area contributed by atoms with Gasteiger partial charge in [0.2, 0.25) is 5.78 Å². The summed E-state index contributed by atoms with van der Waals surface area (Å²) in [6.45, 7) is 5.27. The van der Waals surface area contributed by atoms with Crippen LogP contribution in [-0.4, -0.2) is 37.0 Å². The zero-order valence-corrected chi connectivity index (χ0v) is 15.5. The van der Waals surface area contributed by atoms with E-state index >= 15 is 0 Å². The first kappa shape index (κ1) is 17.1. The van der Waals surface area contributed by atoms with Crippen LogP contribution in [0.25, 0.3) is 16.7 Å². The minimum atomic E-state index is -0.280. The second kappa shape index (κ2) is 6.75. The zero-order valence-electron chi connectivity index (χ0n) is 14.7. The van der Waals surface area contributed by atoms with Crippen molar-refractivity contribution in [3.8, 4) is 0 Å². The van der Waals surface area contributed by atoms with Gasteiger partial charge < -0.3 is 4.74 Å². The summed E-state index contributed by atoms with van der Waals surface area (Å²) in [5, 5.41) is 9.51. The molecule has 1 saturated heterocycles. The predicted octanol–water partition coefficient (Wildman–Crippen LogP) is 2.50. The van der Waals surface area contributed by atoms with Crippen LogP contribution in [-0.2, 0) is 16.1 Å². The minimum Gasteiger partial charge on any atom is -0.465 e. The van der Waals surface area contributed by atoms with E-state index in [1.807, 2.05) is 28.7 Å². The lowest BCUT2D eigenvalue weighted by atomic mass is 10.1. The monoisotopic (exact) mass is 372 g/mol. The number of cyclic esters (lactones) is 1. The molecule has 0 saturated carbocycles. The number of hydrogen-bond acceptors (Lipinski definition) is 6. The SMILES string of the molecule is CC(C)CCn1c(=O)c2ccccc2n2c(S[C@H]3CCOC3=O)nnc12. The standard InChI is InChI=1S/C18H20N4O3S/c1-11(2)7-9-21-15(23)12-5-3-4-6-13(12)22-17(21)19-20-18(22)26-14-8-10-25-16(14)24/h3-6,11,14H,7-10H2,1-2H3/t14-/m0/s1. The Morgan fingerprint density at radius 1 is 1.27 bits per heavy atom. The number of nitrogens with zero attached hydrogens (tertiary/aromatic N) is 4. The Morgan fingerprint density at radius 2 is 2.08 bits per heavy atom. The number of thioether (sulfide) groups is 1. The van der Waals surface area contributed by atoms with E-state index in [2.05, 4.69) is 24.0 Å². The van der Waals surface area contributed by atoms with E-state index in [4.69, 9.17) is 4.74 Å². The second-order valence-corrected chi connectivity index (χ2v) is 8.01. The number of fused-ring (bicyclic) bond motifs is 3. The van der Waals surface area contributed by atoms with Crippen molar-refractivity contribution in [2.75, 3.05) is 6.61 Å². The van der Waals surface area contributed by atoms with Gasteiger partial charge in [-0.25, -0.2) is 0 Å². The molecule has 1 atom stereocenters. The van der Waals surface area contributed by atoms with Crippen molar-refractivity contribution >= 4 is 34.4 Å². The van der Waals surface area contributed by atoms with Gasteiger partial charge in [0.25, 0.3) is 5.56 Å². The maximum Gasteiger partial charge on any atom is 0.319 e. The number of carbonyl (C=O) groups is 1. The molecule has 3 heterocycles. The number of hydrogen-bond donors (Lipinski definition) is 0. The van der Waals surface area contributed by atoms with E-state index in [-0.39, 0.29) is 16.8 Å². The van der Waals surface area contributed by atoms with Gasteiger partial charge in [0.05, 0.1) is 17.5 Å². The fourth-order valence-electron chi connectivity index (χ4n) is 3.11. The highest BCUT2D eigenvalue weighted by molar-refractivity contribution is 8.00. The van der Waals surface area contributed by atoms with Gasteiger partial charge in [-0.2, -0.15) is 0 Å². The Hall–Kier alpha value is -2.35. The van der Waals surface area contributed by atoms with E-state index in [9.17, 15) is 9.59 Å². The molecule has 1 aliphatic rings. The van der Waals surface area contributed by atoms with Crippen LogP contribution < -0.4 is 5.56 Å². The number of aryl methyl sites for hydroxylation is 1. The van der Waals surface area contributed by atoms with Crippen LogP contribution in [0, 0.1) is 5.92 Å². The molecule has 26 heavy (non-hydrogen) atoms. The highest BCUT2D eigenvalue weighted by Gasteiger charge is 2.30. The van der Waals surface area contributed by atoms with E-state index < -0.39 is 0 Å². The molecule has 0 N–H and O–H groups in total. The summed E-state index contributed by atoms with van der Waals surface area (Å²) < 4.78 is 8.62. The topological polar surface area (TPSA) is 78.5 Å². The average Bonchev–Trinajstić information content (AvgIpc) is 3.22. The molecular weight excluding hydrogens is 352 g/mol. The lowest BCUT2D eigenvalue weighted by molar-refractivity contribution is -0.137. The highest BCUT2D eigenvalue weighted by Crippen LogP contribution is 2.30. The third kappa shape index (κ3) is 2.88. The van der Waals surface area contributed by atoms with Crippen molar-refractivity contribution < 1.29 is 9.53 Å². The second-order valence-electron chi connectivity index (χ2n) is 6.84. The summed E-state index contributed by atoms with van der Waals surface area (Å²) in [7, 11) is 0. The molecule has 136 valence electrons. The van der Waals surface area contributed by atoms with Gasteiger partial charge >= 0.3 is 5.97 Å². The summed E-state index contributed by atoms with van der Waals surface area (Å²) >= 11 is 1.35. The molecule has 4 rings (SSSR count). The van der Waals surface area contributed by atoms with Gasteiger partial charge in [-0.05, 0) is 24.5 Å². The summed E-state index contributed by atoms with van der Waals surface area (Å²) in [5.74, 6) is 0.769. The molecule has 7 nitrogen and oxygen atoms in total. The Kier molecular flexibility index (Phi) is 4.44. The molecule has 1 aromatic carbocycles. The molecule has 0 radical (unpaired) electrons. The number of carbonyl (C=O) groups excluding carboxylic acids is 1. The number of ether oxygens (including phenoxy) is 1. The number of benzene rings is 1. The quantitative estimate of drug-likeness (QED) is 0.641. The molecule has 1 fully saturated rings. The van der Waals surface area contributed by atoms with Gasteiger partial charge in [0, 0.05) is 13.0 Å². The van der Waals surface area contributed by atoms with E-state index in [0.717, 1.165) is 11.9 Å². The summed E-state index contributed by atoms with van der Waals surface area (Å²) in [6.07, 6.45) is 1.53. The van der Waals surface area contributed by atoms with Crippen LogP contribution in [0.4, 0.5) is 0 Å². The lowest BCUT2D eigenvalue weighted by Gasteiger charge is -2.12. The van der Waals surface area contributed by atoms with Crippen LogP contribution in [0.15, 0.2) is 34.2 Å². The highest BCUT2D eigenvalue weighted by atomic mass is 32.2. The Bertz CT molecular complexity index is 1040. The van der Waals surface area contributed by atoms with E-state index in [1.54, 1.807) is 4.57 Å². The fraction of sp³-hybridized carbons (Fsp3) is 0.444. The van der Waals surface area contributed by atoms with Gasteiger partial charge in [0.1, 0.15) is 5.25 Å². The number of aromatic nitrogens is 4. The molecule has 0 spiro atoms. The molecule has 8 heteroatoms. The van der Waals surface area contributed by atoms with Gasteiger partial charge in [-0.3, -0.25) is 18.6 Å².